The molecule has 0 spiro atoms. The molecule has 3 nitrogen and oxygen atoms in total. The van der Waals surface area contributed by atoms with Gasteiger partial charge in [-0.05, 0) is 18.2 Å². The van der Waals surface area contributed by atoms with E-state index in [0.29, 0.717) is 0 Å². The van der Waals surface area contributed by atoms with Crippen LogP contribution in [0.1, 0.15) is 0 Å². The largest absolute Gasteiger partial charge is 0.283 e. The van der Waals surface area contributed by atoms with Crippen molar-refractivity contribution in [1.29, 1.82) is 0 Å². The second-order valence-electron chi connectivity index (χ2n) is 2.55. The highest BCUT2D eigenvalue weighted by atomic mass is 16.1. The van der Waals surface area contributed by atoms with Crippen molar-refractivity contribution >= 4 is 0 Å². The van der Waals surface area contributed by atoms with E-state index in [1.807, 2.05) is 0 Å². The van der Waals surface area contributed by atoms with Crippen LogP contribution in [0.4, 0.5) is 0 Å². The van der Waals surface area contributed by atoms with E-state index in [-0.39, 0.29) is 5.56 Å². The van der Waals surface area contributed by atoms with Crippen LogP contribution in [0.25, 0.3) is 5.69 Å². The molecule has 0 aliphatic heterocycles. The minimum Gasteiger partial charge on any atom is -0.283 e. The number of pyridine rings is 2. The van der Waals surface area contributed by atoms with E-state index in [1.54, 1.807) is 36.7 Å². The van der Waals surface area contributed by atoms with Crippen molar-refractivity contribution in [2.24, 2.45) is 0 Å². The van der Waals surface area contributed by atoms with E-state index in [0.717, 1.165) is 5.69 Å². The fourth-order valence-corrected chi connectivity index (χ4v) is 1.10. The first-order chi connectivity index (χ1) is 6.38. The first-order valence-electron chi connectivity index (χ1n) is 3.88. The molecule has 0 saturated carbocycles. The lowest BCUT2D eigenvalue weighted by atomic mass is 10.4. The van der Waals surface area contributed by atoms with Crippen molar-refractivity contribution < 1.29 is 0 Å². The van der Waals surface area contributed by atoms with Gasteiger partial charge in [-0.15, -0.1) is 0 Å². The second-order valence-corrected chi connectivity index (χ2v) is 2.55. The molecule has 0 N–H and O–H groups in total. The van der Waals surface area contributed by atoms with Crippen molar-refractivity contribution in [3.05, 3.63) is 59.3 Å². The molecular formula is C10H7N2O. The van der Waals surface area contributed by atoms with Crippen LogP contribution in [0, 0.1) is 6.20 Å². The quantitative estimate of drug-likeness (QED) is 0.642. The van der Waals surface area contributed by atoms with Gasteiger partial charge in [0.15, 0.2) is 0 Å². The first-order valence-corrected chi connectivity index (χ1v) is 3.88. The van der Waals surface area contributed by atoms with Crippen LogP contribution in [-0.2, 0) is 0 Å². The molecule has 0 aromatic carbocycles. The van der Waals surface area contributed by atoms with Crippen LogP contribution in [0.5, 0.6) is 0 Å². The van der Waals surface area contributed by atoms with Gasteiger partial charge < -0.3 is 0 Å². The summed E-state index contributed by atoms with van der Waals surface area (Å²) in [6, 6.07) is 8.49. The zero-order valence-corrected chi connectivity index (χ0v) is 6.84. The first kappa shape index (κ1) is 7.73. The summed E-state index contributed by atoms with van der Waals surface area (Å²) in [5.74, 6) is 0. The van der Waals surface area contributed by atoms with Crippen LogP contribution in [0.15, 0.2) is 47.5 Å². The molecule has 2 heterocycles. The van der Waals surface area contributed by atoms with Crippen molar-refractivity contribution in [1.82, 2.24) is 9.55 Å². The highest BCUT2D eigenvalue weighted by Crippen LogP contribution is 1.99. The van der Waals surface area contributed by atoms with E-state index in [4.69, 9.17) is 0 Å². The standard InChI is InChI=1S/C10H7N2O/c13-10-5-1-2-7-12(10)9-4-3-6-11-8-9/h1-5,7-8H. The van der Waals surface area contributed by atoms with E-state index in [2.05, 4.69) is 11.2 Å². The van der Waals surface area contributed by atoms with Gasteiger partial charge in [0.1, 0.15) is 0 Å². The molecule has 0 fully saturated rings. The van der Waals surface area contributed by atoms with Crippen molar-refractivity contribution in [2.45, 2.75) is 0 Å². The van der Waals surface area contributed by atoms with Crippen molar-refractivity contribution in [2.75, 3.05) is 0 Å². The summed E-state index contributed by atoms with van der Waals surface area (Å²) in [6.07, 6.45) is 5.96. The lowest BCUT2D eigenvalue weighted by Gasteiger charge is -2.01. The maximum Gasteiger partial charge on any atom is 0.255 e. The molecule has 13 heavy (non-hydrogen) atoms. The topological polar surface area (TPSA) is 34.9 Å². The Kier molecular flexibility index (Phi) is 1.92. The summed E-state index contributed by atoms with van der Waals surface area (Å²) in [7, 11) is 0. The summed E-state index contributed by atoms with van der Waals surface area (Å²) in [4.78, 5) is 15.2. The molecule has 0 aliphatic carbocycles. The Morgan fingerprint density at radius 1 is 1.31 bits per heavy atom. The second kappa shape index (κ2) is 3.23. The Morgan fingerprint density at radius 3 is 2.92 bits per heavy atom. The van der Waals surface area contributed by atoms with Crippen LogP contribution in [0.2, 0.25) is 0 Å². The van der Waals surface area contributed by atoms with Crippen LogP contribution in [0.3, 0.4) is 0 Å². The summed E-state index contributed by atoms with van der Waals surface area (Å²) < 4.78 is 1.53. The van der Waals surface area contributed by atoms with E-state index in [9.17, 15) is 4.79 Å². The van der Waals surface area contributed by atoms with Crippen LogP contribution >= 0.6 is 0 Å². The highest BCUT2D eigenvalue weighted by molar-refractivity contribution is 5.27. The third-order valence-electron chi connectivity index (χ3n) is 1.70. The van der Waals surface area contributed by atoms with E-state index < -0.39 is 0 Å². The Labute approximate surface area is 75.3 Å². The van der Waals surface area contributed by atoms with Gasteiger partial charge in [0.05, 0.1) is 18.1 Å². The number of hydrogen-bond donors (Lipinski definition) is 0. The molecule has 0 amide bonds. The average molecular weight is 171 g/mol. The Morgan fingerprint density at radius 2 is 2.23 bits per heavy atom. The normalized spacial score (nSPS) is 9.85. The molecular weight excluding hydrogens is 164 g/mol. The van der Waals surface area contributed by atoms with Gasteiger partial charge in [-0.3, -0.25) is 14.3 Å². The number of nitrogens with zero attached hydrogens (tertiary/aromatic N) is 2. The summed E-state index contributed by atoms with van der Waals surface area (Å²) >= 11 is 0. The minimum absolute atomic E-state index is 0.0597. The maximum absolute atomic E-state index is 11.3. The van der Waals surface area contributed by atoms with Crippen molar-refractivity contribution in [3.63, 3.8) is 0 Å². The van der Waals surface area contributed by atoms with Gasteiger partial charge in [0.25, 0.3) is 5.56 Å². The number of aromatic nitrogens is 2. The zero-order chi connectivity index (χ0) is 9.10. The molecule has 2 rings (SSSR count). The molecule has 0 aliphatic rings. The lowest BCUT2D eigenvalue weighted by Crippen LogP contribution is -2.15. The van der Waals surface area contributed by atoms with Gasteiger partial charge in [0.2, 0.25) is 0 Å². The molecule has 0 saturated heterocycles. The minimum atomic E-state index is -0.0597. The molecule has 0 unspecified atom stereocenters. The molecule has 3 heteroatoms. The molecule has 2 aromatic rings. The lowest BCUT2D eigenvalue weighted by molar-refractivity contribution is 0.977. The van der Waals surface area contributed by atoms with Gasteiger partial charge in [-0.1, -0.05) is 6.07 Å². The van der Waals surface area contributed by atoms with Crippen LogP contribution in [-0.4, -0.2) is 9.55 Å². The zero-order valence-electron chi connectivity index (χ0n) is 6.84. The molecule has 2 aromatic heterocycles. The highest BCUT2D eigenvalue weighted by Gasteiger charge is 1.95. The SMILES string of the molecule is O=c1ccccn1-c1cc[c]nc1. The Bertz CT molecular complexity index is 448. The molecule has 0 bridgehead atoms. The summed E-state index contributed by atoms with van der Waals surface area (Å²) in [5, 5.41) is 0. The summed E-state index contributed by atoms with van der Waals surface area (Å²) in [5.41, 5.74) is 0.694. The predicted octanol–water partition coefficient (Wildman–Crippen LogP) is 1.03. The number of rotatable bonds is 1. The average Bonchev–Trinajstić information content (AvgIpc) is 2.20. The molecule has 1 radical (unpaired) electrons. The monoisotopic (exact) mass is 171 g/mol. The van der Waals surface area contributed by atoms with E-state index in [1.165, 1.54) is 10.6 Å². The van der Waals surface area contributed by atoms with E-state index >= 15 is 0 Å². The van der Waals surface area contributed by atoms with Gasteiger partial charge >= 0.3 is 0 Å². The smallest absolute Gasteiger partial charge is 0.255 e. The van der Waals surface area contributed by atoms with Gasteiger partial charge in [-0.2, -0.15) is 0 Å². The third-order valence-corrected chi connectivity index (χ3v) is 1.70. The van der Waals surface area contributed by atoms with Crippen LogP contribution < -0.4 is 5.56 Å². The third kappa shape index (κ3) is 1.49. The molecule has 63 valence electrons. The Balaban J connectivity index is 2.60. The summed E-state index contributed by atoms with van der Waals surface area (Å²) in [6.45, 7) is 0. The van der Waals surface area contributed by atoms with Gasteiger partial charge in [-0.25, -0.2) is 0 Å². The van der Waals surface area contributed by atoms with Crippen molar-refractivity contribution in [3.8, 4) is 5.69 Å². The van der Waals surface area contributed by atoms with Gasteiger partial charge in [0, 0.05) is 12.3 Å². The number of hydrogen-bond acceptors (Lipinski definition) is 2. The fourth-order valence-electron chi connectivity index (χ4n) is 1.10. The fraction of sp³-hybridized carbons (Fsp3) is 0. The Hall–Kier alpha value is -1.90. The maximum atomic E-state index is 11.3. The molecule has 0 atom stereocenters. The predicted molar refractivity (Wildman–Crippen MR) is 48.7 cm³/mol.